The molecule has 2 aromatic heterocycles. The van der Waals surface area contributed by atoms with Crippen molar-refractivity contribution in [2.24, 2.45) is 0 Å². The molecule has 0 radical (unpaired) electrons. The lowest BCUT2D eigenvalue weighted by Crippen LogP contribution is -2.10. The van der Waals surface area contributed by atoms with Gasteiger partial charge in [-0.2, -0.15) is 0 Å². The summed E-state index contributed by atoms with van der Waals surface area (Å²) in [5.41, 5.74) is 7.74. The molecule has 0 saturated heterocycles. The van der Waals surface area contributed by atoms with E-state index in [1.165, 1.54) is 0 Å². The number of imidazole rings is 1. The van der Waals surface area contributed by atoms with Crippen LogP contribution in [-0.4, -0.2) is 14.4 Å². The van der Waals surface area contributed by atoms with E-state index >= 15 is 0 Å². The summed E-state index contributed by atoms with van der Waals surface area (Å²) in [7, 11) is 0. The van der Waals surface area contributed by atoms with E-state index in [4.69, 9.17) is 5.73 Å². The van der Waals surface area contributed by atoms with Crippen molar-refractivity contribution in [1.29, 1.82) is 0 Å². The second kappa shape index (κ2) is 5.13. The summed E-state index contributed by atoms with van der Waals surface area (Å²) in [5.74, 6) is 1.14. The van der Waals surface area contributed by atoms with Gasteiger partial charge < -0.3 is 15.5 Å². The molecule has 3 N–H and O–H groups in total. The van der Waals surface area contributed by atoms with E-state index in [9.17, 15) is 0 Å². The van der Waals surface area contributed by atoms with Crippen LogP contribution in [-0.2, 0) is 0 Å². The molecular formula is C14H14BrN5. The van der Waals surface area contributed by atoms with Gasteiger partial charge in [-0.05, 0) is 24.6 Å². The molecule has 0 fully saturated rings. The van der Waals surface area contributed by atoms with E-state index < -0.39 is 0 Å². The van der Waals surface area contributed by atoms with Gasteiger partial charge in [0.05, 0.1) is 12.2 Å². The first-order valence-electron chi connectivity index (χ1n) is 6.24. The fourth-order valence-corrected chi connectivity index (χ4v) is 2.53. The molecule has 0 spiro atoms. The molecule has 0 bridgehead atoms. The zero-order valence-corrected chi connectivity index (χ0v) is 12.5. The van der Waals surface area contributed by atoms with Gasteiger partial charge in [-0.1, -0.05) is 28.1 Å². The number of hydrogen-bond acceptors (Lipinski definition) is 4. The molecule has 0 aliphatic carbocycles. The molecule has 0 aliphatic heterocycles. The van der Waals surface area contributed by atoms with Crippen molar-refractivity contribution in [3.63, 3.8) is 0 Å². The number of hydrogen-bond donors (Lipinski definition) is 2. The monoisotopic (exact) mass is 331 g/mol. The summed E-state index contributed by atoms with van der Waals surface area (Å²) in [4.78, 5) is 8.63. The third-order valence-electron chi connectivity index (χ3n) is 3.09. The van der Waals surface area contributed by atoms with Crippen molar-refractivity contribution in [2.45, 2.75) is 13.0 Å². The van der Waals surface area contributed by atoms with Gasteiger partial charge in [-0.15, -0.1) is 0 Å². The molecule has 1 aromatic carbocycles. The van der Waals surface area contributed by atoms with Crippen LogP contribution in [0.3, 0.4) is 0 Å². The van der Waals surface area contributed by atoms with E-state index in [-0.39, 0.29) is 6.04 Å². The second-order valence-electron chi connectivity index (χ2n) is 4.59. The Bertz CT molecular complexity index is 752. The van der Waals surface area contributed by atoms with Crippen LogP contribution in [0.25, 0.3) is 5.65 Å². The Morgan fingerprint density at radius 3 is 3.05 bits per heavy atom. The van der Waals surface area contributed by atoms with Gasteiger partial charge in [-0.25, -0.2) is 9.97 Å². The predicted molar refractivity (Wildman–Crippen MR) is 83.6 cm³/mol. The van der Waals surface area contributed by atoms with Crippen LogP contribution < -0.4 is 11.1 Å². The molecule has 6 heteroatoms. The van der Waals surface area contributed by atoms with Gasteiger partial charge >= 0.3 is 0 Å². The van der Waals surface area contributed by atoms with Gasteiger partial charge in [-0.3, -0.25) is 0 Å². The molecule has 0 saturated carbocycles. The minimum Gasteiger partial charge on any atom is -0.382 e. The predicted octanol–water partition coefficient (Wildman–Crippen LogP) is 3.25. The van der Waals surface area contributed by atoms with Crippen LogP contribution >= 0.6 is 15.9 Å². The maximum absolute atomic E-state index is 5.82. The molecule has 1 unspecified atom stereocenters. The van der Waals surface area contributed by atoms with Crippen molar-refractivity contribution >= 4 is 33.2 Å². The van der Waals surface area contributed by atoms with E-state index in [2.05, 4.69) is 50.3 Å². The van der Waals surface area contributed by atoms with Gasteiger partial charge in [0.1, 0.15) is 5.82 Å². The van der Waals surface area contributed by atoms with Gasteiger partial charge in [0, 0.05) is 16.9 Å². The molecule has 0 aliphatic rings. The van der Waals surface area contributed by atoms with Gasteiger partial charge in [0.15, 0.2) is 11.5 Å². The molecule has 20 heavy (non-hydrogen) atoms. The van der Waals surface area contributed by atoms with Crippen LogP contribution in [0.4, 0.5) is 11.6 Å². The van der Waals surface area contributed by atoms with E-state index in [1.54, 1.807) is 12.4 Å². The summed E-state index contributed by atoms with van der Waals surface area (Å²) < 4.78 is 2.91. The summed E-state index contributed by atoms with van der Waals surface area (Å²) in [6, 6.07) is 8.25. The summed E-state index contributed by atoms with van der Waals surface area (Å²) in [6.07, 6.45) is 5.32. The van der Waals surface area contributed by atoms with E-state index in [1.807, 2.05) is 22.7 Å². The molecule has 3 rings (SSSR count). The fraction of sp³-hybridized carbons (Fsp3) is 0.143. The topological polar surface area (TPSA) is 68.2 Å². The number of halogens is 1. The largest absolute Gasteiger partial charge is 0.382 e. The Morgan fingerprint density at radius 1 is 1.40 bits per heavy atom. The highest BCUT2D eigenvalue weighted by Crippen LogP contribution is 2.23. The van der Waals surface area contributed by atoms with Crippen molar-refractivity contribution in [3.05, 3.63) is 52.9 Å². The number of nitrogens with zero attached hydrogens (tertiary/aromatic N) is 3. The average Bonchev–Trinajstić information content (AvgIpc) is 2.86. The fourth-order valence-electron chi connectivity index (χ4n) is 2.11. The number of fused-ring (bicyclic) bond motifs is 1. The van der Waals surface area contributed by atoms with Crippen molar-refractivity contribution in [3.8, 4) is 0 Å². The average molecular weight is 332 g/mol. The van der Waals surface area contributed by atoms with Crippen LogP contribution in [0.15, 0.2) is 47.3 Å². The third-order valence-corrected chi connectivity index (χ3v) is 3.59. The lowest BCUT2D eigenvalue weighted by atomic mass is 10.1. The summed E-state index contributed by atoms with van der Waals surface area (Å²) >= 11 is 3.48. The molecular weight excluding hydrogens is 318 g/mol. The summed E-state index contributed by atoms with van der Waals surface area (Å²) in [6.45, 7) is 2.08. The quantitative estimate of drug-likeness (QED) is 0.773. The Labute approximate surface area is 125 Å². The first kappa shape index (κ1) is 12.9. The molecule has 102 valence electrons. The number of nitrogens with two attached hydrogens (primary N) is 1. The zero-order valence-electron chi connectivity index (χ0n) is 10.9. The Hall–Kier alpha value is -2.08. The maximum atomic E-state index is 5.82. The molecule has 2 heterocycles. The highest BCUT2D eigenvalue weighted by Gasteiger charge is 2.11. The maximum Gasteiger partial charge on any atom is 0.180 e. The lowest BCUT2D eigenvalue weighted by molar-refractivity contribution is 0.872. The number of nitrogen functional groups attached to an aromatic ring is 1. The number of rotatable bonds is 3. The van der Waals surface area contributed by atoms with Crippen LogP contribution in [0.5, 0.6) is 0 Å². The van der Waals surface area contributed by atoms with Crippen LogP contribution in [0.1, 0.15) is 18.5 Å². The number of aromatic nitrogens is 3. The number of benzene rings is 1. The van der Waals surface area contributed by atoms with Crippen molar-refractivity contribution < 1.29 is 0 Å². The minimum absolute atomic E-state index is 0.0994. The Morgan fingerprint density at radius 2 is 2.25 bits per heavy atom. The highest BCUT2D eigenvalue weighted by molar-refractivity contribution is 9.10. The first-order chi connectivity index (χ1) is 9.63. The van der Waals surface area contributed by atoms with Gasteiger partial charge in [0.25, 0.3) is 0 Å². The SMILES string of the molecule is CC(Nc1nc(N)cn2ccnc12)c1cccc(Br)c1. The number of anilines is 2. The Balaban J connectivity index is 1.94. The molecule has 5 nitrogen and oxygen atoms in total. The molecule has 1 atom stereocenters. The van der Waals surface area contributed by atoms with E-state index in [0.717, 1.165) is 15.7 Å². The van der Waals surface area contributed by atoms with Gasteiger partial charge in [0.2, 0.25) is 0 Å². The summed E-state index contributed by atoms with van der Waals surface area (Å²) in [5, 5.41) is 3.36. The lowest BCUT2D eigenvalue weighted by Gasteiger charge is -2.16. The molecule has 3 aromatic rings. The van der Waals surface area contributed by atoms with E-state index in [0.29, 0.717) is 11.6 Å². The minimum atomic E-state index is 0.0994. The number of nitrogens with one attached hydrogen (secondary N) is 1. The highest BCUT2D eigenvalue weighted by atomic mass is 79.9. The standard InChI is InChI=1S/C14H14BrN5/c1-9(10-3-2-4-11(15)7-10)18-13-14-17-5-6-20(14)8-12(16)19-13/h2-9H,16H2,1H3,(H,18,19). The van der Waals surface area contributed by atoms with Crippen molar-refractivity contribution in [2.75, 3.05) is 11.1 Å². The third kappa shape index (κ3) is 2.46. The zero-order chi connectivity index (χ0) is 14.1. The Kier molecular flexibility index (Phi) is 3.31. The normalized spacial score (nSPS) is 12.5. The molecule has 0 amide bonds. The second-order valence-corrected chi connectivity index (χ2v) is 5.51. The smallest absolute Gasteiger partial charge is 0.180 e. The van der Waals surface area contributed by atoms with Crippen molar-refractivity contribution in [1.82, 2.24) is 14.4 Å². The first-order valence-corrected chi connectivity index (χ1v) is 7.04. The van der Waals surface area contributed by atoms with Crippen LogP contribution in [0.2, 0.25) is 0 Å². The van der Waals surface area contributed by atoms with Crippen LogP contribution in [0, 0.1) is 0 Å².